The number of carbonyl (C=O) groups excluding carboxylic acids is 1. The highest BCUT2D eigenvalue weighted by atomic mass is 16.6. The summed E-state index contributed by atoms with van der Waals surface area (Å²) in [6, 6.07) is 7.29. The van der Waals surface area contributed by atoms with Crippen molar-refractivity contribution in [2.45, 2.75) is 33.2 Å². The molecule has 1 amide bonds. The van der Waals surface area contributed by atoms with Gasteiger partial charge in [-0.3, -0.25) is 9.69 Å². The van der Waals surface area contributed by atoms with E-state index in [2.05, 4.69) is 49.9 Å². The largest absolute Gasteiger partial charge is 0.497 e. The van der Waals surface area contributed by atoms with Gasteiger partial charge in [0, 0.05) is 6.54 Å². The van der Waals surface area contributed by atoms with E-state index in [4.69, 9.17) is 15.1 Å². The molecule has 0 atom stereocenters. The molecule has 0 fully saturated rings. The van der Waals surface area contributed by atoms with Crippen LogP contribution in [0.1, 0.15) is 48.4 Å². The summed E-state index contributed by atoms with van der Waals surface area (Å²) in [6.07, 6.45) is 3.44. The molecular formula is C20H27N9O3. The number of carbonyl (C=O) groups is 1. The van der Waals surface area contributed by atoms with Crippen LogP contribution in [0.2, 0.25) is 0 Å². The molecule has 3 rings (SSSR count). The monoisotopic (exact) mass is 441 g/mol. The number of aromatic nitrogens is 5. The molecule has 0 aliphatic carbocycles. The number of ether oxygens (including phenoxy) is 1. The number of anilines is 1. The Morgan fingerprint density at radius 2 is 2.09 bits per heavy atom. The number of nitrogen functional groups attached to an aromatic ring is 1. The second-order valence-electron chi connectivity index (χ2n) is 7.02. The summed E-state index contributed by atoms with van der Waals surface area (Å²) in [7, 11) is 1.58. The summed E-state index contributed by atoms with van der Waals surface area (Å²) in [6.45, 7) is 6.31. The Morgan fingerprint density at radius 1 is 1.31 bits per heavy atom. The van der Waals surface area contributed by atoms with Gasteiger partial charge in [0.1, 0.15) is 5.75 Å². The number of rotatable bonds is 11. The predicted octanol–water partition coefficient (Wildman–Crippen LogP) is 1.63. The second kappa shape index (κ2) is 11.0. The van der Waals surface area contributed by atoms with E-state index in [0.717, 1.165) is 31.5 Å². The number of nitrogens with zero attached hydrogens (tertiary/aromatic N) is 7. The normalized spacial score (nSPS) is 11.4. The average Bonchev–Trinajstić information content (AvgIpc) is 3.40. The minimum absolute atomic E-state index is 0.0525. The van der Waals surface area contributed by atoms with Gasteiger partial charge >= 0.3 is 0 Å². The van der Waals surface area contributed by atoms with E-state index >= 15 is 0 Å². The number of methoxy groups -OCH3 is 1. The Kier molecular flexibility index (Phi) is 7.86. The van der Waals surface area contributed by atoms with Crippen molar-refractivity contribution < 1.29 is 14.2 Å². The SMILES string of the molecule is CCCN(CCC)Cc1c(C(=O)N/N=C/c2cccc(OC)c2)nnn1-c1nonc1N. The van der Waals surface area contributed by atoms with Crippen molar-refractivity contribution in [1.29, 1.82) is 0 Å². The van der Waals surface area contributed by atoms with E-state index in [1.165, 1.54) is 10.9 Å². The molecule has 170 valence electrons. The highest BCUT2D eigenvalue weighted by molar-refractivity contribution is 5.94. The molecule has 0 saturated heterocycles. The van der Waals surface area contributed by atoms with Crippen LogP contribution in [0.4, 0.5) is 5.82 Å². The maximum Gasteiger partial charge on any atom is 0.293 e. The third-order valence-electron chi connectivity index (χ3n) is 4.60. The first-order chi connectivity index (χ1) is 15.6. The van der Waals surface area contributed by atoms with Crippen LogP contribution < -0.4 is 15.9 Å². The molecule has 0 aliphatic rings. The first-order valence-corrected chi connectivity index (χ1v) is 10.3. The lowest BCUT2D eigenvalue weighted by atomic mass is 10.2. The summed E-state index contributed by atoms with van der Waals surface area (Å²) < 4.78 is 11.3. The zero-order chi connectivity index (χ0) is 22.9. The summed E-state index contributed by atoms with van der Waals surface area (Å²) in [5, 5.41) is 19.5. The lowest BCUT2D eigenvalue weighted by molar-refractivity contribution is 0.0947. The zero-order valence-corrected chi connectivity index (χ0v) is 18.4. The highest BCUT2D eigenvalue weighted by Gasteiger charge is 2.25. The van der Waals surface area contributed by atoms with Crippen LogP contribution in [0, 0.1) is 0 Å². The van der Waals surface area contributed by atoms with E-state index in [1.807, 2.05) is 18.2 Å². The van der Waals surface area contributed by atoms with Gasteiger partial charge in [0.25, 0.3) is 5.91 Å². The van der Waals surface area contributed by atoms with Gasteiger partial charge in [-0.05, 0) is 53.9 Å². The van der Waals surface area contributed by atoms with Gasteiger partial charge in [-0.1, -0.05) is 31.2 Å². The predicted molar refractivity (Wildman–Crippen MR) is 118 cm³/mol. The van der Waals surface area contributed by atoms with Gasteiger partial charge in [0.15, 0.2) is 5.69 Å². The molecule has 2 heterocycles. The van der Waals surface area contributed by atoms with Crippen molar-refractivity contribution in [3.63, 3.8) is 0 Å². The van der Waals surface area contributed by atoms with Crippen molar-refractivity contribution in [2.75, 3.05) is 25.9 Å². The molecule has 1 aromatic carbocycles. The summed E-state index contributed by atoms with van der Waals surface area (Å²) in [5.74, 6) is 0.417. The smallest absolute Gasteiger partial charge is 0.293 e. The van der Waals surface area contributed by atoms with Crippen molar-refractivity contribution >= 4 is 17.9 Å². The molecule has 0 radical (unpaired) electrons. The first-order valence-electron chi connectivity index (χ1n) is 10.3. The van der Waals surface area contributed by atoms with E-state index in [0.29, 0.717) is 18.0 Å². The van der Waals surface area contributed by atoms with Crippen LogP contribution in [0.15, 0.2) is 34.0 Å². The van der Waals surface area contributed by atoms with Gasteiger partial charge in [-0.25, -0.2) is 10.1 Å². The number of amides is 1. The Labute approximate surface area is 185 Å². The Balaban J connectivity index is 1.85. The number of hydrazone groups is 1. The molecule has 0 aliphatic heterocycles. The van der Waals surface area contributed by atoms with E-state index in [-0.39, 0.29) is 17.3 Å². The zero-order valence-electron chi connectivity index (χ0n) is 18.4. The van der Waals surface area contributed by atoms with E-state index < -0.39 is 5.91 Å². The maximum atomic E-state index is 12.9. The van der Waals surface area contributed by atoms with Crippen LogP contribution in [-0.4, -0.2) is 62.5 Å². The lowest BCUT2D eigenvalue weighted by Gasteiger charge is -2.21. The van der Waals surface area contributed by atoms with Crippen molar-refractivity contribution in [3.05, 3.63) is 41.2 Å². The molecule has 3 N–H and O–H groups in total. The molecule has 2 aromatic heterocycles. The Bertz CT molecular complexity index is 1050. The molecule has 0 saturated carbocycles. The number of hydrogen-bond acceptors (Lipinski definition) is 10. The Morgan fingerprint density at radius 3 is 2.75 bits per heavy atom. The topological polar surface area (TPSA) is 150 Å². The fourth-order valence-electron chi connectivity index (χ4n) is 3.18. The number of hydrogen-bond donors (Lipinski definition) is 2. The van der Waals surface area contributed by atoms with Gasteiger partial charge in [-0.15, -0.1) is 5.10 Å². The average molecular weight is 441 g/mol. The van der Waals surface area contributed by atoms with Gasteiger partial charge < -0.3 is 10.5 Å². The van der Waals surface area contributed by atoms with E-state index in [9.17, 15) is 4.79 Å². The Hall–Kier alpha value is -3.80. The molecule has 0 spiro atoms. The van der Waals surface area contributed by atoms with Crippen LogP contribution in [-0.2, 0) is 6.54 Å². The van der Waals surface area contributed by atoms with Crippen LogP contribution in [0.25, 0.3) is 5.82 Å². The van der Waals surface area contributed by atoms with Crippen LogP contribution >= 0.6 is 0 Å². The first kappa shape index (κ1) is 22.9. The molecule has 0 unspecified atom stereocenters. The van der Waals surface area contributed by atoms with Crippen molar-refractivity contribution in [1.82, 2.24) is 35.6 Å². The fraction of sp³-hybridized carbons (Fsp3) is 0.400. The molecule has 32 heavy (non-hydrogen) atoms. The van der Waals surface area contributed by atoms with Crippen molar-refractivity contribution in [3.8, 4) is 11.6 Å². The van der Waals surface area contributed by atoms with Gasteiger partial charge in [0.05, 0.1) is 19.0 Å². The minimum Gasteiger partial charge on any atom is -0.497 e. The number of nitrogens with one attached hydrogen (secondary N) is 1. The summed E-state index contributed by atoms with van der Waals surface area (Å²) in [4.78, 5) is 15.1. The molecule has 0 bridgehead atoms. The molecule has 3 aromatic rings. The van der Waals surface area contributed by atoms with E-state index in [1.54, 1.807) is 13.2 Å². The quantitative estimate of drug-likeness (QED) is 0.334. The maximum absolute atomic E-state index is 12.9. The molecular weight excluding hydrogens is 414 g/mol. The second-order valence-corrected chi connectivity index (χ2v) is 7.02. The minimum atomic E-state index is -0.506. The molecule has 12 nitrogen and oxygen atoms in total. The van der Waals surface area contributed by atoms with Crippen LogP contribution in [0.5, 0.6) is 5.75 Å². The third kappa shape index (κ3) is 5.46. The third-order valence-corrected chi connectivity index (χ3v) is 4.60. The number of nitrogens with two attached hydrogens (primary N) is 1. The summed E-state index contributed by atoms with van der Waals surface area (Å²) >= 11 is 0. The standard InChI is InChI=1S/C20H27N9O3/c1-4-9-28(10-5-2)13-16-17(23-27-29(16)19-18(21)25-32-26-19)20(30)24-22-12-14-7-6-8-15(11-14)31-3/h6-8,11-12H,4-5,9-10,13H2,1-3H3,(H2,21,25)(H,24,30)/b22-12+. The number of benzene rings is 1. The lowest BCUT2D eigenvalue weighted by Crippen LogP contribution is -2.28. The fourth-order valence-corrected chi connectivity index (χ4v) is 3.18. The van der Waals surface area contributed by atoms with Crippen LogP contribution in [0.3, 0.4) is 0 Å². The van der Waals surface area contributed by atoms with Gasteiger partial charge in [-0.2, -0.15) is 9.78 Å². The van der Waals surface area contributed by atoms with Gasteiger partial charge in [0.2, 0.25) is 11.6 Å². The highest BCUT2D eigenvalue weighted by Crippen LogP contribution is 2.18. The molecule has 12 heteroatoms. The van der Waals surface area contributed by atoms with Crippen molar-refractivity contribution in [2.24, 2.45) is 5.10 Å². The summed E-state index contributed by atoms with van der Waals surface area (Å²) in [5.41, 5.74) is 9.75.